The van der Waals surface area contributed by atoms with Crippen molar-refractivity contribution >= 4 is 5.69 Å². The Labute approximate surface area is 122 Å². The summed E-state index contributed by atoms with van der Waals surface area (Å²) in [5.74, 6) is 1.36. The van der Waals surface area contributed by atoms with E-state index in [1.807, 2.05) is 24.3 Å². The molecule has 114 valence electrons. The normalized spacial score (nSPS) is 12.4. The molecule has 0 spiro atoms. The van der Waals surface area contributed by atoms with Crippen molar-refractivity contribution in [3.8, 4) is 5.75 Å². The van der Waals surface area contributed by atoms with Crippen molar-refractivity contribution in [3.63, 3.8) is 0 Å². The topological polar surface area (TPSA) is 50.7 Å². The molecule has 20 heavy (non-hydrogen) atoms. The molecule has 0 fully saturated rings. The highest BCUT2D eigenvalue weighted by molar-refractivity contribution is 5.46. The number of anilines is 1. The quantitative estimate of drug-likeness (QED) is 0.692. The standard InChI is InChI=1S/C16H27NO3/c1-4-9-20-16-7-5-14(6-8-16)17-10-15(18)12-19-11-13(2)3/h5-8,13,15,17-18H,4,9-12H2,1-3H3. The minimum absolute atomic E-state index is 0.364. The summed E-state index contributed by atoms with van der Waals surface area (Å²) >= 11 is 0. The molecular weight excluding hydrogens is 254 g/mol. The van der Waals surface area contributed by atoms with E-state index in [-0.39, 0.29) is 0 Å². The molecule has 1 rings (SSSR count). The first-order chi connectivity index (χ1) is 9.61. The smallest absolute Gasteiger partial charge is 0.119 e. The van der Waals surface area contributed by atoms with Crippen molar-refractivity contribution in [2.45, 2.75) is 33.3 Å². The average Bonchev–Trinajstić information content (AvgIpc) is 2.43. The van der Waals surface area contributed by atoms with E-state index < -0.39 is 6.10 Å². The summed E-state index contributed by atoms with van der Waals surface area (Å²) in [4.78, 5) is 0. The zero-order valence-corrected chi connectivity index (χ0v) is 12.8. The SMILES string of the molecule is CCCOc1ccc(NCC(O)COCC(C)C)cc1. The van der Waals surface area contributed by atoms with Crippen molar-refractivity contribution < 1.29 is 14.6 Å². The van der Waals surface area contributed by atoms with Gasteiger partial charge in [0.05, 0.1) is 19.3 Å². The highest BCUT2D eigenvalue weighted by atomic mass is 16.5. The molecule has 0 aliphatic carbocycles. The molecule has 4 nitrogen and oxygen atoms in total. The lowest BCUT2D eigenvalue weighted by molar-refractivity contribution is 0.0318. The van der Waals surface area contributed by atoms with Crippen LogP contribution in [0.15, 0.2) is 24.3 Å². The van der Waals surface area contributed by atoms with Crippen LogP contribution in [0.3, 0.4) is 0 Å². The van der Waals surface area contributed by atoms with E-state index >= 15 is 0 Å². The zero-order valence-electron chi connectivity index (χ0n) is 12.8. The Morgan fingerprint density at radius 2 is 1.85 bits per heavy atom. The summed E-state index contributed by atoms with van der Waals surface area (Å²) in [6, 6.07) is 7.76. The molecule has 0 heterocycles. The lowest BCUT2D eigenvalue weighted by atomic mass is 10.2. The molecule has 0 saturated carbocycles. The van der Waals surface area contributed by atoms with E-state index in [9.17, 15) is 5.11 Å². The van der Waals surface area contributed by atoms with Crippen LogP contribution < -0.4 is 10.1 Å². The number of rotatable bonds is 10. The lowest BCUT2D eigenvalue weighted by Gasteiger charge is -2.14. The first-order valence-electron chi connectivity index (χ1n) is 7.34. The number of aliphatic hydroxyl groups excluding tert-OH is 1. The first kappa shape index (κ1) is 16.8. The predicted molar refractivity (Wildman–Crippen MR) is 82.4 cm³/mol. The van der Waals surface area contributed by atoms with Crippen molar-refractivity contribution in [2.24, 2.45) is 5.92 Å². The maximum atomic E-state index is 9.78. The summed E-state index contributed by atoms with van der Waals surface area (Å²) < 4.78 is 10.9. The molecule has 2 N–H and O–H groups in total. The third-order valence-corrected chi connectivity index (χ3v) is 2.63. The number of nitrogens with one attached hydrogen (secondary N) is 1. The molecule has 1 aromatic carbocycles. The number of aliphatic hydroxyl groups is 1. The van der Waals surface area contributed by atoms with Crippen LogP contribution in [0, 0.1) is 5.92 Å². The molecule has 4 heteroatoms. The second-order valence-corrected chi connectivity index (χ2v) is 5.34. The minimum atomic E-state index is -0.496. The van der Waals surface area contributed by atoms with Crippen LogP contribution >= 0.6 is 0 Å². The fourth-order valence-corrected chi connectivity index (χ4v) is 1.62. The van der Waals surface area contributed by atoms with Crippen LogP contribution in [0.4, 0.5) is 5.69 Å². The van der Waals surface area contributed by atoms with Crippen molar-refractivity contribution in [2.75, 3.05) is 31.7 Å². The van der Waals surface area contributed by atoms with Crippen LogP contribution in [-0.4, -0.2) is 37.6 Å². The first-order valence-corrected chi connectivity index (χ1v) is 7.34. The number of ether oxygens (including phenoxy) is 2. The van der Waals surface area contributed by atoms with Gasteiger partial charge in [0.25, 0.3) is 0 Å². The maximum Gasteiger partial charge on any atom is 0.119 e. The second kappa shape index (κ2) is 9.61. The largest absolute Gasteiger partial charge is 0.494 e. The van der Waals surface area contributed by atoms with Crippen LogP contribution in [0.5, 0.6) is 5.75 Å². The molecule has 0 aliphatic rings. The highest BCUT2D eigenvalue weighted by Gasteiger charge is 2.05. The Balaban J connectivity index is 2.23. The molecule has 1 unspecified atom stereocenters. The van der Waals surface area contributed by atoms with Gasteiger partial charge in [-0.25, -0.2) is 0 Å². The summed E-state index contributed by atoms with van der Waals surface area (Å²) in [7, 11) is 0. The van der Waals surface area contributed by atoms with Gasteiger partial charge in [0.15, 0.2) is 0 Å². The molecule has 1 atom stereocenters. The van der Waals surface area contributed by atoms with Gasteiger partial charge in [-0.05, 0) is 36.6 Å². The van der Waals surface area contributed by atoms with Crippen molar-refractivity contribution in [1.82, 2.24) is 0 Å². The molecule has 0 amide bonds. The molecule has 0 bridgehead atoms. The fourth-order valence-electron chi connectivity index (χ4n) is 1.62. The Morgan fingerprint density at radius 3 is 2.45 bits per heavy atom. The van der Waals surface area contributed by atoms with Crippen LogP contribution in [-0.2, 0) is 4.74 Å². The van der Waals surface area contributed by atoms with E-state index in [0.717, 1.165) is 24.5 Å². The molecule has 0 radical (unpaired) electrons. The fraction of sp³-hybridized carbons (Fsp3) is 0.625. The Bertz CT molecular complexity index is 351. The number of hydrogen-bond acceptors (Lipinski definition) is 4. The van der Waals surface area contributed by atoms with Crippen LogP contribution in [0.1, 0.15) is 27.2 Å². The van der Waals surface area contributed by atoms with Gasteiger partial charge in [-0.1, -0.05) is 20.8 Å². The van der Waals surface area contributed by atoms with Gasteiger partial charge in [-0.15, -0.1) is 0 Å². The van der Waals surface area contributed by atoms with Gasteiger partial charge in [0.1, 0.15) is 5.75 Å². The predicted octanol–water partition coefficient (Wildman–Crippen LogP) is 2.92. The van der Waals surface area contributed by atoms with E-state index in [2.05, 4.69) is 26.1 Å². The average molecular weight is 281 g/mol. The van der Waals surface area contributed by atoms with Gasteiger partial charge in [-0.2, -0.15) is 0 Å². The minimum Gasteiger partial charge on any atom is -0.494 e. The molecule has 0 aliphatic heterocycles. The van der Waals surface area contributed by atoms with E-state index in [1.54, 1.807) is 0 Å². The van der Waals surface area contributed by atoms with Gasteiger partial charge in [0.2, 0.25) is 0 Å². The summed E-state index contributed by atoms with van der Waals surface area (Å²) in [5, 5.41) is 13.0. The molecule has 0 aromatic heterocycles. The Hall–Kier alpha value is -1.26. The third-order valence-electron chi connectivity index (χ3n) is 2.63. The number of hydrogen-bond donors (Lipinski definition) is 2. The summed E-state index contributed by atoms with van der Waals surface area (Å²) in [5.41, 5.74) is 0.969. The third kappa shape index (κ3) is 7.36. The van der Waals surface area contributed by atoms with Gasteiger partial charge >= 0.3 is 0 Å². The van der Waals surface area contributed by atoms with Gasteiger partial charge in [-0.3, -0.25) is 0 Å². The Kier molecular flexibility index (Phi) is 8.07. The molecular formula is C16H27NO3. The highest BCUT2D eigenvalue weighted by Crippen LogP contribution is 2.15. The Morgan fingerprint density at radius 1 is 1.15 bits per heavy atom. The van der Waals surface area contributed by atoms with Crippen molar-refractivity contribution in [3.05, 3.63) is 24.3 Å². The van der Waals surface area contributed by atoms with Crippen LogP contribution in [0.2, 0.25) is 0 Å². The van der Waals surface area contributed by atoms with Gasteiger partial charge in [0, 0.05) is 18.8 Å². The molecule has 0 saturated heterocycles. The summed E-state index contributed by atoms with van der Waals surface area (Å²) in [6.07, 6.45) is 0.507. The number of benzene rings is 1. The van der Waals surface area contributed by atoms with E-state index in [0.29, 0.717) is 25.7 Å². The van der Waals surface area contributed by atoms with E-state index in [1.165, 1.54) is 0 Å². The van der Waals surface area contributed by atoms with Gasteiger partial charge < -0.3 is 19.9 Å². The summed E-state index contributed by atoms with van der Waals surface area (Å²) in [6.45, 7) is 8.52. The lowest BCUT2D eigenvalue weighted by Crippen LogP contribution is -2.25. The zero-order chi connectivity index (χ0) is 14.8. The maximum absolute atomic E-state index is 9.78. The molecule has 1 aromatic rings. The monoisotopic (exact) mass is 281 g/mol. The van der Waals surface area contributed by atoms with Crippen molar-refractivity contribution in [1.29, 1.82) is 0 Å². The van der Waals surface area contributed by atoms with Crippen LogP contribution in [0.25, 0.3) is 0 Å². The van der Waals surface area contributed by atoms with E-state index in [4.69, 9.17) is 9.47 Å². The second-order valence-electron chi connectivity index (χ2n) is 5.34.